The maximum absolute atomic E-state index is 7.45. The lowest BCUT2D eigenvalue weighted by Gasteiger charge is -2.18. The predicted octanol–water partition coefficient (Wildman–Crippen LogP) is 16.7. The molecule has 4 nitrogen and oxygen atoms in total. The summed E-state index contributed by atoms with van der Waals surface area (Å²) in [5, 5.41) is 9.52. The summed E-state index contributed by atoms with van der Waals surface area (Å²) in [6, 6.07) is 81.0. The molecule has 0 saturated heterocycles. The van der Waals surface area contributed by atoms with Crippen molar-refractivity contribution in [2.75, 3.05) is 0 Å². The highest BCUT2D eigenvalue weighted by atomic mass is 15.0. The van der Waals surface area contributed by atoms with Crippen molar-refractivity contribution in [3.8, 4) is 78.7 Å². The van der Waals surface area contributed by atoms with Gasteiger partial charge < -0.3 is 0 Å². The number of hydrogen-bond donors (Lipinski definition) is 0. The number of hydrogen-bond acceptors (Lipinski definition) is 3. The first-order valence-electron chi connectivity index (χ1n) is 22.1. The Hall–Kier alpha value is -9.04. The second-order valence-corrected chi connectivity index (χ2v) is 16.6. The summed E-state index contributed by atoms with van der Waals surface area (Å²) in [6.07, 6.45) is 0. The van der Waals surface area contributed by atoms with Crippen LogP contribution in [0, 0.1) is 6.57 Å². The van der Waals surface area contributed by atoms with E-state index in [4.69, 9.17) is 21.5 Å². The van der Waals surface area contributed by atoms with Crippen LogP contribution >= 0.6 is 0 Å². The van der Waals surface area contributed by atoms with Gasteiger partial charge in [-0.15, -0.1) is 0 Å². The Kier molecular flexibility index (Phi) is 9.51. The molecule has 0 unspecified atom stereocenters. The molecule has 11 aromatic carbocycles. The van der Waals surface area contributed by atoms with E-state index in [0.29, 0.717) is 23.2 Å². The molecule has 0 N–H and O–H groups in total. The second-order valence-electron chi connectivity index (χ2n) is 16.6. The predicted molar refractivity (Wildman–Crippen MR) is 274 cm³/mol. The quantitative estimate of drug-likeness (QED) is 0.119. The Morgan fingerprint density at radius 3 is 1.24 bits per heavy atom. The molecular weight excluding hydrogens is 801 g/mol. The summed E-state index contributed by atoms with van der Waals surface area (Å²) >= 11 is 0. The van der Waals surface area contributed by atoms with Gasteiger partial charge in [0, 0.05) is 16.7 Å². The van der Waals surface area contributed by atoms with Crippen LogP contribution in [0.5, 0.6) is 0 Å². The van der Waals surface area contributed by atoms with Crippen LogP contribution in [0.1, 0.15) is 0 Å². The van der Waals surface area contributed by atoms with E-state index in [9.17, 15) is 0 Å². The maximum Gasteiger partial charge on any atom is 0.187 e. The second kappa shape index (κ2) is 16.3. The van der Waals surface area contributed by atoms with Gasteiger partial charge in [0.25, 0.3) is 0 Å². The fourth-order valence-electron chi connectivity index (χ4n) is 9.56. The first-order chi connectivity index (χ1) is 32.7. The van der Waals surface area contributed by atoms with Crippen molar-refractivity contribution in [3.05, 3.63) is 242 Å². The zero-order valence-corrected chi connectivity index (χ0v) is 35.7. The number of fused-ring (bicyclic) bond motifs is 6. The molecule has 0 amide bonds. The van der Waals surface area contributed by atoms with E-state index in [2.05, 4.69) is 187 Å². The smallest absolute Gasteiger partial charge is 0.187 e. The van der Waals surface area contributed by atoms with E-state index >= 15 is 0 Å². The molecule has 0 bridgehead atoms. The average Bonchev–Trinajstić information content (AvgIpc) is 3.40. The zero-order chi connectivity index (χ0) is 44.0. The molecule has 0 aliphatic heterocycles. The Morgan fingerprint density at radius 2 is 0.652 bits per heavy atom. The molecule has 0 radical (unpaired) electrons. The lowest BCUT2D eigenvalue weighted by Crippen LogP contribution is -2.00. The normalized spacial score (nSPS) is 11.3. The van der Waals surface area contributed by atoms with Crippen molar-refractivity contribution in [1.29, 1.82) is 0 Å². The van der Waals surface area contributed by atoms with E-state index in [1.807, 2.05) is 48.5 Å². The summed E-state index contributed by atoms with van der Waals surface area (Å²) in [6.45, 7) is 7.45. The van der Waals surface area contributed by atoms with E-state index < -0.39 is 0 Å². The molecule has 0 saturated carbocycles. The summed E-state index contributed by atoms with van der Waals surface area (Å²) < 4.78 is 0. The largest absolute Gasteiger partial charge is 0.238 e. The van der Waals surface area contributed by atoms with E-state index in [1.165, 1.54) is 54.2 Å². The van der Waals surface area contributed by atoms with E-state index in [0.717, 1.165) is 50.1 Å². The van der Waals surface area contributed by atoms with E-state index in [1.54, 1.807) is 0 Å². The molecule has 0 fully saturated rings. The standard InChI is InChI=1S/C62H38N4/c1-63-47-32-30-41(31-33-47)48-34-35-55(50-25-9-8-24-49(48)50)57-39-59-52-27-11-10-26-51(52)56(38-58(59)54-29-13-12-28-53(54)57)44-21-15-23-46(37-44)62-65-60(42-18-6-3-7-19-42)64-61(66-62)45-22-14-20-43(36-45)40-16-4-2-5-17-40/h2-39H. The minimum atomic E-state index is 0.615. The monoisotopic (exact) mass is 838 g/mol. The van der Waals surface area contributed by atoms with Crippen molar-refractivity contribution in [1.82, 2.24) is 15.0 Å². The Balaban J connectivity index is 1.02. The van der Waals surface area contributed by atoms with Gasteiger partial charge in [-0.3, -0.25) is 0 Å². The van der Waals surface area contributed by atoms with Gasteiger partial charge in [-0.25, -0.2) is 19.8 Å². The SMILES string of the molecule is [C-]#[N+]c1ccc(-c2ccc(-c3cc4c5ccccc5c(-c5cccc(-c6nc(-c7ccccc7)nc(-c7cccc(-c8ccccc8)c7)n6)c5)cc4c4ccccc34)c3ccccc23)cc1. The molecule has 0 aliphatic rings. The molecule has 12 rings (SSSR count). The third kappa shape index (κ3) is 6.84. The third-order valence-corrected chi connectivity index (χ3v) is 12.7. The van der Waals surface area contributed by atoms with Crippen molar-refractivity contribution in [2.45, 2.75) is 0 Å². The molecule has 0 spiro atoms. The van der Waals surface area contributed by atoms with Crippen LogP contribution in [0.4, 0.5) is 5.69 Å². The van der Waals surface area contributed by atoms with Crippen molar-refractivity contribution in [2.24, 2.45) is 0 Å². The van der Waals surface area contributed by atoms with Gasteiger partial charge >= 0.3 is 0 Å². The highest BCUT2D eigenvalue weighted by Gasteiger charge is 2.19. The Bertz CT molecular complexity index is 3870. The maximum atomic E-state index is 7.45. The molecule has 1 heterocycles. The zero-order valence-electron chi connectivity index (χ0n) is 35.7. The molecule has 12 aromatic rings. The van der Waals surface area contributed by atoms with Crippen molar-refractivity contribution < 1.29 is 0 Å². The van der Waals surface area contributed by atoms with Crippen LogP contribution in [0.2, 0.25) is 0 Å². The molecular formula is C62H38N4. The minimum absolute atomic E-state index is 0.615. The van der Waals surface area contributed by atoms with Crippen molar-refractivity contribution in [3.63, 3.8) is 0 Å². The van der Waals surface area contributed by atoms with E-state index in [-0.39, 0.29) is 0 Å². The van der Waals surface area contributed by atoms with Crippen molar-refractivity contribution >= 4 is 48.8 Å². The fourth-order valence-corrected chi connectivity index (χ4v) is 9.56. The minimum Gasteiger partial charge on any atom is -0.238 e. The van der Waals surface area contributed by atoms with Crippen LogP contribution in [-0.4, -0.2) is 15.0 Å². The Labute approximate surface area is 382 Å². The highest BCUT2D eigenvalue weighted by Crippen LogP contribution is 2.45. The number of aromatic nitrogens is 3. The highest BCUT2D eigenvalue weighted by molar-refractivity contribution is 6.25. The van der Waals surface area contributed by atoms with Crippen LogP contribution in [0.3, 0.4) is 0 Å². The van der Waals surface area contributed by atoms with Crippen LogP contribution in [0.15, 0.2) is 231 Å². The van der Waals surface area contributed by atoms with Crippen LogP contribution in [0.25, 0.3) is 127 Å². The van der Waals surface area contributed by atoms with Crippen LogP contribution in [-0.2, 0) is 0 Å². The number of benzene rings is 11. The van der Waals surface area contributed by atoms with Gasteiger partial charge in [0.15, 0.2) is 23.2 Å². The van der Waals surface area contributed by atoms with Gasteiger partial charge in [0.1, 0.15) is 0 Å². The Morgan fingerprint density at radius 1 is 0.242 bits per heavy atom. The average molecular weight is 839 g/mol. The number of nitrogens with zero attached hydrogens (tertiary/aromatic N) is 4. The lowest BCUT2D eigenvalue weighted by molar-refractivity contribution is 1.07. The van der Waals surface area contributed by atoms with Gasteiger partial charge in [-0.1, -0.05) is 206 Å². The fraction of sp³-hybridized carbons (Fsp3) is 0. The van der Waals surface area contributed by atoms with Gasteiger partial charge in [-0.05, 0) is 112 Å². The topological polar surface area (TPSA) is 43.0 Å². The molecule has 1 aromatic heterocycles. The molecule has 66 heavy (non-hydrogen) atoms. The first kappa shape index (κ1) is 38.6. The molecule has 4 heteroatoms. The summed E-state index contributed by atoms with van der Waals surface area (Å²) in [4.78, 5) is 19.0. The van der Waals surface area contributed by atoms with Gasteiger partial charge in [-0.2, -0.15) is 0 Å². The van der Waals surface area contributed by atoms with Gasteiger partial charge in [0.05, 0.1) is 6.57 Å². The summed E-state index contributed by atoms with van der Waals surface area (Å²) in [5.41, 5.74) is 12.5. The molecule has 306 valence electrons. The lowest BCUT2D eigenvalue weighted by atomic mass is 9.85. The summed E-state index contributed by atoms with van der Waals surface area (Å²) in [7, 11) is 0. The van der Waals surface area contributed by atoms with Crippen LogP contribution < -0.4 is 0 Å². The molecule has 0 aliphatic carbocycles. The number of rotatable bonds is 7. The third-order valence-electron chi connectivity index (χ3n) is 12.7. The molecule has 0 atom stereocenters. The first-order valence-corrected chi connectivity index (χ1v) is 22.1. The summed E-state index contributed by atoms with van der Waals surface area (Å²) in [5.74, 6) is 1.87. The van der Waals surface area contributed by atoms with Gasteiger partial charge in [0.2, 0.25) is 0 Å².